The highest BCUT2D eigenvalue weighted by atomic mass is 32.2. The number of nitrogens with one attached hydrogen (secondary N) is 2. The molecule has 2 N–H and O–H groups in total. The summed E-state index contributed by atoms with van der Waals surface area (Å²) in [5.41, 5.74) is 0.756. The number of rotatable bonds is 5. The molecule has 0 aliphatic heterocycles. The van der Waals surface area contributed by atoms with Crippen LogP contribution in [0, 0.1) is 13.8 Å². The number of aromatic nitrogens is 1. The van der Waals surface area contributed by atoms with Crippen LogP contribution < -0.4 is 10.9 Å². The van der Waals surface area contributed by atoms with Crippen LogP contribution in [-0.4, -0.2) is 50.0 Å². The number of hydrogen-bond donors (Lipinski definition) is 2. The zero-order chi connectivity index (χ0) is 15.5. The Balaban J connectivity index is 2.77. The summed E-state index contributed by atoms with van der Waals surface area (Å²) >= 11 is 0. The molecule has 0 saturated carbocycles. The average molecular weight is 301 g/mol. The van der Waals surface area contributed by atoms with Crippen LogP contribution in [0.25, 0.3) is 0 Å². The van der Waals surface area contributed by atoms with Gasteiger partial charge in [0.05, 0.1) is 5.75 Å². The second-order valence-electron chi connectivity index (χ2n) is 4.69. The van der Waals surface area contributed by atoms with Crippen molar-refractivity contribution in [3.05, 3.63) is 33.2 Å². The van der Waals surface area contributed by atoms with E-state index in [2.05, 4.69) is 10.3 Å². The van der Waals surface area contributed by atoms with Crippen molar-refractivity contribution in [2.45, 2.75) is 13.8 Å². The minimum Gasteiger partial charge on any atom is -0.351 e. The summed E-state index contributed by atoms with van der Waals surface area (Å²) in [5.74, 6) is -0.785. The molecular formula is C12H19N3O4S. The molecule has 0 bridgehead atoms. The second-order valence-corrected chi connectivity index (χ2v) is 7.00. The van der Waals surface area contributed by atoms with Crippen LogP contribution >= 0.6 is 0 Å². The molecule has 0 atom stereocenters. The summed E-state index contributed by atoms with van der Waals surface area (Å²) in [6.45, 7) is 3.33. The molecule has 1 aromatic rings. The standard InChI is InChI=1S/C12H19N3O4S/c1-8-7-9(2)14-12(17)10(8)11(16)13-5-6-20(18,19)15(3)4/h7H,5-6H2,1-4H3,(H,13,16)(H,14,17). The molecule has 0 radical (unpaired) electrons. The lowest BCUT2D eigenvalue weighted by Crippen LogP contribution is -2.36. The molecule has 0 aliphatic carbocycles. The molecular weight excluding hydrogens is 282 g/mol. The van der Waals surface area contributed by atoms with Crippen LogP contribution in [0.2, 0.25) is 0 Å². The van der Waals surface area contributed by atoms with Crippen molar-refractivity contribution in [1.29, 1.82) is 0 Å². The molecule has 0 fully saturated rings. The van der Waals surface area contributed by atoms with E-state index in [9.17, 15) is 18.0 Å². The van der Waals surface area contributed by atoms with E-state index in [1.165, 1.54) is 14.1 Å². The SMILES string of the molecule is Cc1cc(C)c(C(=O)NCCS(=O)(=O)N(C)C)c(=O)[nH]1. The van der Waals surface area contributed by atoms with E-state index in [1.807, 2.05) is 0 Å². The Morgan fingerprint density at radius 3 is 2.45 bits per heavy atom. The number of sulfonamides is 1. The van der Waals surface area contributed by atoms with Crippen molar-refractivity contribution >= 4 is 15.9 Å². The van der Waals surface area contributed by atoms with Crippen molar-refractivity contribution in [1.82, 2.24) is 14.6 Å². The number of carbonyl (C=O) groups excluding carboxylic acids is 1. The zero-order valence-corrected chi connectivity index (χ0v) is 12.8. The normalized spacial score (nSPS) is 11.7. The highest BCUT2D eigenvalue weighted by molar-refractivity contribution is 7.89. The number of carbonyl (C=O) groups is 1. The van der Waals surface area contributed by atoms with Gasteiger partial charge >= 0.3 is 0 Å². The zero-order valence-electron chi connectivity index (χ0n) is 12.0. The number of aromatic amines is 1. The fourth-order valence-corrected chi connectivity index (χ4v) is 2.43. The highest BCUT2D eigenvalue weighted by Crippen LogP contribution is 2.03. The topological polar surface area (TPSA) is 99.3 Å². The maximum Gasteiger partial charge on any atom is 0.261 e. The maximum atomic E-state index is 11.9. The Kier molecular flexibility index (Phi) is 5.07. The second kappa shape index (κ2) is 6.19. The highest BCUT2D eigenvalue weighted by Gasteiger charge is 2.17. The average Bonchev–Trinajstić information content (AvgIpc) is 2.26. The Labute approximate surface area is 118 Å². The van der Waals surface area contributed by atoms with Crippen LogP contribution in [0.3, 0.4) is 0 Å². The number of nitrogens with zero attached hydrogens (tertiary/aromatic N) is 1. The van der Waals surface area contributed by atoms with E-state index in [1.54, 1.807) is 19.9 Å². The maximum absolute atomic E-state index is 11.9. The molecule has 0 unspecified atom stereocenters. The van der Waals surface area contributed by atoms with Crippen molar-refractivity contribution < 1.29 is 13.2 Å². The van der Waals surface area contributed by atoms with Gasteiger partial charge in [-0.3, -0.25) is 9.59 Å². The van der Waals surface area contributed by atoms with Gasteiger partial charge in [-0.15, -0.1) is 0 Å². The first kappa shape index (κ1) is 16.4. The van der Waals surface area contributed by atoms with E-state index >= 15 is 0 Å². The summed E-state index contributed by atoms with van der Waals surface area (Å²) in [6.07, 6.45) is 0. The van der Waals surface area contributed by atoms with Gasteiger partial charge in [-0.2, -0.15) is 0 Å². The first-order chi connectivity index (χ1) is 9.15. The molecule has 8 heteroatoms. The van der Waals surface area contributed by atoms with E-state index < -0.39 is 21.5 Å². The fraction of sp³-hybridized carbons (Fsp3) is 0.500. The predicted octanol–water partition coefficient (Wildman–Crippen LogP) is -0.387. The molecule has 1 amide bonds. The third kappa shape index (κ3) is 3.91. The van der Waals surface area contributed by atoms with Gasteiger partial charge in [0.2, 0.25) is 10.0 Å². The molecule has 20 heavy (non-hydrogen) atoms. The predicted molar refractivity (Wildman–Crippen MR) is 76.3 cm³/mol. The number of hydrogen-bond acceptors (Lipinski definition) is 4. The van der Waals surface area contributed by atoms with Crippen molar-refractivity contribution in [3.63, 3.8) is 0 Å². The summed E-state index contributed by atoms with van der Waals surface area (Å²) in [7, 11) is -0.525. The lowest BCUT2D eigenvalue weighted by molar-refractivity contribution is 0.0954. The van der Waals surface area contributed by atoms with Gasteiger partial charge in [0.25, 0.3) is 11.5 Å². The molecule has 112 valence electrons. The van der Waals surface area contributed by atoms with Crippen LogP contribution in [0.15, 0.2) is 10.9 Å². The van der Waals surface area contributed by atoms with Gasteiger partial charge in [0.15, 0.2) is 0 Å². The summed E-state index contributed by atoms with van der Waals surface area (Å²) in [6, 6.07) is 1.69. The van der Waals surface area contributed by atoms with Crippen LogP contribution in [-0.2, 0) is 10.0 Å². The van der Waals surface area contributed by atoms with Gasteiger partial charge in [-0.1, -0.05) is 0 Å². The monoisotopic (exact) mass is 301 g/mol. The Hall–Kier alpha value is -1.67. The number of amides is 1. The first-order valence-electron chi connectivity index (χ1n) is 6.04. The smallest absolute Gasteiger partial charge is 0.261 e. The van der Waals surface area contributed by atoms with Gasteiger partial charge < -0.3 is 10.3 Å². The van der Waals surface area contributed by atoms with E-state index in [0.29, 0.717) is 11.3 Å². The summed E-state index contributed by atoms with van der Waals surface area (Å²) in [4.78, 5) is 26.2. The van der Waals surface area contributed by atoms with Crippen molar-refractivity contribution in [2.24, 2.45) is 0 Å². The van der Waals surface area contributed by atoms with Crippen molar-refractivity contribution in [3.8, 4) is 0 Å². The third-order valence-corrected chi connectivity index (χ3v) is 4.63. The van der Waals surface area contributed by atoms with Crippen LogP contribution in [0.4, 0.5) is 0 Å². The molecule has 7 nitrogen and oxygen atoms in total. The van der Waals surface area contributed by atoms with Crippen LogP contribution in [0.1, 0.15) is 21.6 Å². The molecule has 1 rings (SSSR count). The van der Waals surface area contributed by atoms with Gasteiger partial charge in [-0.05, 0) is 25.5 Å². The number of pyridine rings is 1. The molecule has 1 aromatic heterocycles. The number of H-pyrrole nitrogens is 1. The molecule has 0 spiro atoms. The van der Waals surface area contributed by atoms with Gasteiger partial charge in [0, 0.05) is 26.3 Å². The minimum atomic E-state index is -3.37. The lowest BCUT2D eigenvalue weighted by Gasteiger charge is -2.12. The Morgan fingerprint density at radius 2 is 1.95 bits per heavy atom. The van der Waals surface area contributed by atoms with E-state index in [4.69, 9.17) is 0 Å². The molecule has 0 aromatic carbocycles. The first-order valence-corrected chi connectivity index (χ1v) is 7.65. The largest absolute Gasteiger partial charge is 0.351 e. The molecule has 0 aliphatic rings. The summed E-state index contributed by atoms with van der Waals surface area (Å²) < 4.78 is 24.2. The number of aryl methyl sites for hydroxylation is 2. The fourth-order valence-electron chi connectivity index (χ4n) is 1.70. The third-order valence-electron chi connectivity index (χ3n) is 2.79. The Morgan fingerprint density at radius 1 is 1.35 bits per heavy atom. The molecule has 1 heterocycles. The van der Waals surface area contributed by atoms with E-state index in [-0.39, 0.29) is 17.9 Å². The molecule has 0 saturated heterocycles. The van der Waals surface area contributed by atoms with Gasteiger partial charge in [-0.25, -0.2) is 12.7 Å². The minimum absolute atomic E-state index is 0.0119. The van der Waals surface area contributed by atoms with Gasteiger partial charge in [0.1, 0.15) is 5.56 Å². The van der Waals surface area contributed by atoms with E-state index in [0.717, 1.165) is 4.31 Å². The quantitative estimate of drug-likeness (QED) is 0.774. The Bertz CT molecular complexity index is 662. The lowest BCUT2D eigenvalue weighted by atomic mass is 10.1. The summed E-state index contributed by atoms with van der Waals surface area (Å²) in [5, 5.41) is 2.45. The van der Waals surface area contributed by atoms with Crippen LogP contribution in [0.5, 0.6) is 0 Å². The van der Waals surface area contributed by atoms with Crippen molar-refractivity contribution in [2.75, 3.05) is 26.4 Å².